The Morgan fingerprint density at radius 3 is 2.67 bits per heavy atom. The van der Waals surface area contributed by atoms with E-state index in [4.69, 9.17) is 9.52 Å². The van der Waals surface area contributed by atoms with Crippen LogP contribution < -0.4 is 4.90 Å². The lowest BCUT2D eigenvalue weighted by Crippen LogP contribution is -3.11. The maximum absolute atomic E-state index is 10.6. The van der Waals surface area contributed by atoms with E-state index in [9.17, 15) is 4.79 Å². The zero-order valence-electron chi connectivity index (χ0n) is 8.66. The molecule has 0 unspecified atom stereocenters. The summed E-state index contributed by atoms with van der Waals surface area (Å²) in [6.45, 7) is 3.15. The van der Waals surface area contributed by atoms with E-state index in [2.05, 4.69) is 0 Å². The molecule has 0 radical (unpaired) electrons. The second-order valence-corrected chi connectivity index (χ2v) is 4.06. The molecule has 0 atom stereocenters. The van der Waals surface area contributed by atoms with E-state index in [-0.39, 0.29) is 5.76 Å². The molecule has 4 heteroatoms. The fourth-order valence-corrected chi connectivity index (χ4v) is 2.06. The third-order valence-corrected chi connectivity index (χ3v) is 2.86. The number of carboxylic acid groups (broad SMARTS) is 1. The maximum Gasteiger partial charge on any atom is 0.371 e. The average Bonchev–Trinajstić information content (AvgIpc) is 2.68. The van der Waals surface area contributed by atoms with Crippen LogP contribution in [-0.2, 0) is 6.54 Å². The van der Waals surface area contributed by atoms with Crippen molar-refractivity contribution in [1.82, 2.24) is 0 Å². The van der Waals surface area contributed by atoms with Crippen LogP contribution in [0.3, 0.4) is 0 Å². The van der Waals surface area contributed by atoms with Gasteiger partial charge >= 0.3 is 5.97 Å². The Morgan fingerprint density at radius 2 is 2.07 bits per heavy atom. The van der Waals surface area contributed by atoms with Crippen LogP contribution in [0.25, 0.3) is 0 Å². The summed E-state index contributed by atoms with van der Waals surface area (Å²) in [5.74, 6) is -0.166. The molecule has 4 nitrogen and oxygen atoms in total. The smallest absolute Gasteiger partial charge is 0.371 e. The van der Waals surface area contributed by atoms with Crippen LogP contribution in [-0.4, -0.2) is 24.2 Å². The van der Waals surface area contributed by atoms with Gasteiger partial charge in [-0.05, 0) is 31.4 Å². The lowest BCUT2D eigenvalue weighted by atomic mass is 10.1. The third-order valence-electron chi connectivity index (χ3n) is 2.86. The first-order valence-electron chi connectivity index (χ1n) is 5.41. The monoisotopic (exact) mass is 210 g/mol. The number of piperidine rings is 1. The lowest BCUT2D eigenvalue weighted by molar-refractivity contribution is -0.919. The summed E-state index contributed by atoms with van der Waals surface area (Å²) < 4.78 is 5.23. The van der Waals surface area contributed by atoms with Crippen molar-refractivity contribution in [3.8, 4) is 0 Å². The maximum atomic E-state index is 10.6. The molecule has 0 aliphatic carbocycles. The van der Waals surface area contributed by atoms with Crippen molar-refractivity contribution in [2.24, 2.45) is 0 Å². The predicted octanol–water partition coefficient (Wildman–Crippen LogP) is 0.547. The van der Waals surface area contributed by atoms with Crippen molar-refractivity contribution in [2.75, 3.05) is 13.1 Å². The van der Waals surface area contributed by atoms with Crippen LogP contribution in [0.2, 0.25) is 0 Å². The highest BCUT2D eigenvalue weighted by Gasteiger charge is 2.17. The largest absolute Gasteiger partial charge is 0.475 e. The number of furan rings is 1. The number of hydrogen-bond acceptors (Lipinski definition) is 2. The van der Waals surface area contributed by atoms with E-state index < -0.39 is 5.97 Å². The number of nitrogens with one attached hydrogen (secondary N) is 1. The molecule has 1 saturated heterocycles. The van der Waals surface area contributed by atoms with Crippen molar-refractivity contribution in [3.05, 3.63) is 23.7 Å². The standard InChI is InChI=1S/C11H15NO3/c13-11(14)10-5-4-9(15-10)8-12-6-2-1-3-7-12/h4-5H,1-3,6-8H2,(H,13,14)/p+1. The van der Waals surface area contributed by atoms with Gasteiger partial charge in [0.05, 0.1) is 13.1 Å². The topological polar surface area (TPSA) is 54.9 Å². The summed E-state index contributed by atoms with van der Waals surface area (Å²) in [5.41, 5.74) is 0. The first-order chi connectivity index (χ1) is 7.25. The molecular weight excluding hydrogens is 194 g/mol. The van der Waals surface area contributed by atoms with Gasteiger partial charge in [-0.3, -0.25) is 0 Å². The predicted molar refractivity (Wildman–Crippen MR) is 53.9 cm³/mol. The van der Waals surface area contributed by atoms with Crippen LogP contribution in [0.5, 0.6) is 0 Å². The molecule has 2 heterocycles. The molecule has 2 rings (SSSR count). The van der Waals surface area contributed by atoms with E-state index in [1.165, 1.54) is 43.3 Å². The highest BCUT2D eigenvalue weighted by Crippen LogP contribution is 2.07. The van der Waals surface area contributed by atoms with E-state index in [1.807, 2.05) is 0 Å². The van der Waals surface area contributed by atoms with Crippen molar-refractivity contribution in [3.63, 3.8) is 0 Å². The van der Waals surface area contributed by atoms with Gasteiger partial charge in [-0.1, -0.05) is 0 Å². The van der Waals surface area contributed by atoms with Gasteiger partial charge < -0.3 is 14.4 Å². The van der Waals surface area contributed by atoms with Crippen LogP contribution in [0.1, 0.15) is 35.6 Å². The van der Waals surface area contributed by atoms with Gasteiger partial charge in [-0.25, -0.2) is 4.79 Å². The molecule has 0 saturated carbocycles. The summed E-state index contributed by atoms with van der Waals surface area (Å²) in [7, 11) is 0. The SMILES string of the molecule is O=C(O)c1ccc(C[NH+]2CCCCC2)o1. The number of aromatic carboxylic acids is 1. The fraction of sp³-hybridized carbons (Fsp3) is 0.545. The van der Waals surface area contributed by atoms with Crippen LogP contribution in [0, 0.1) is 0 Å². The molecule has 82 valence electrons. The lowest BCUT2D eigenvalue weighted by Gasteiger charge is -2.22. The van der Waals surface area contributed by atoms with Crippen LogP contribution in [0.4, 0.5) is 0 Å². The molecule has 0 aromatic carbocycles. The Labute approximate surface area is 88.5 Å². The van der Waals surface area contributed by atoms with Crippen molar-refractivity contribution >= 4 is 5.97 Å². The normalized spacial score (nSPS) is 17.9. The molecule has 1 aromatic rings. The van der Waals surface area contributed by atoms with E-state index in [0.29, 0.717) is 0 Å². The number of carboxylic acids is 1. The summed E-state index contributed by atoms with van der Waals surface area (Å²) in [6.07, 6.45) is 3.85. The molecule has 1 aliphatic heterocycles. The van der Waals surface area contributed by atoms with E-state index in [0.717, 1.165) is 12.3 Å². The highest BCUT2D eigenvalue weighted by molar-refractivity contribution is 5.84. The van der Waals surface area contributed by atoms with Gasteiger partial charge in [0.25, 0.3) is 0 Å². The van der Waals surface area contributed by atoms with Crippen LogP contribution in [0.15, 0.2) is 16.5 Å². The van der Waals surface area contributed by atoms with Gasteiger partial charge in [0.1, 0.15) is 6.54 Å². The number of hydrogen-bond donors (Lipinski definition) is 2. The van der Waals surface area contributed by atoms with Crippen molar-refractivity contribution in [1.29, 1.82) is 0 Å². The minimum absolute atomic E-state index is 0.0430. The molecule has 2 N–H and O–H groups in total. The van der Waals surface area contributed by atoms with E-state index in [1.54, 1.807) is 6.07 Å². The van der Waals surface area contributed by atoms with Gasteiger partial charge in [-0.2, -0.15) is 0 Å². The summed E-state index contributed by atoms with van der Waals surface area (Å²) >= 11 is 0. The van der Waals surface area contributed by atoms with Gasteiger partial charge in [0, 0.05) is 0 Å². The molecule has 1 aromatic heterocycles. The number of quaternary nitrogens is 1. The number of likely N-dealkylation sites (tertiary alicyclic amines) is 1. The third kappa shape index (κ3) is 2.59. The Bertz CT molecular complexity index is 339. The first-order valence-corrected chi connectivity index (χ1v) is 5.41. The number of rotatable bonds is 3. The number of carbonyl (C=O) groups is 1. The van der Waals surface area contributed by atoms with Gasteiger partial charge in [0.2, 0.25) is 5.76 Å². The Kier molecular flexibility index (Phi) is 3.06. The molecular formula is C11H16NO3+. The zero-order valence-corrected chi connectivity index (χ0v) is 8.66. The minimum atomic E-state index is -0.991. The molecule has 0 amide bonds. The molecule has 0 bridgehead atoms. The fourth-order valence-electron chi connectivity index (χ4n) is 2.06. The Morgan fingerprint density at radius 1 is 1.33 bits per heavy atom. The summed E-state index contributed by atoms with van der Waals surface area (Å²) in [6, 6.07) is 3.30. The summed E-state index contributed by atoms with van der Waals surface area (Å²) in [5, 5.41) is 8.70. The Hall–Kier alpha value is -1.29. The zero-order chi connectivity index (χ0) is 10.7. The van der Waals surface area contributed by atoms with Crippen molar-refractivity contribution in [2.45, 2.75) is 25.8 Å². The van der Waals surface area contributed by atoms with Gasteiger partial charge in [0.15, 0.2) is 5.76 Å². The average molecular weight is 210 g/mol. The van der Waals surface area contributed by atoms with Crippen LogP contribution >= 0.6 is 0 Å². The quantitative estimate of drug-likeness (QED) is 0.766. The van der Waals surface area contributed by atoms with Crippen molar-refractivity contribution < 1.29 is 19.2 Å². The van der Waals surface area contributed by atoms with Gasteiger partial charge in [-0.15, -0.1) is 0 Å². The second kappa shape index (κ2) is 4.49. The molecule has 0 spiro atoms. The highest BCUT2D eigenvalue weighted by atomic mass is 16.4. The molecule has 15 heavy (non-hydrogen) atoms. The molecule has 1 fully saturated rings. The Balaban J connectivity index is 1.94. The molecule has 1 aliphatic rings. The minimum Gasteiger partial charge on any atom is -0.475 e. The first kappa shape index (κ1) is 10.2. The summed E-state index contributed by atoms with van der Waals surface area (Å²) in [4.78, 5) is 12.1. The van der Waals surface area contributed by atoms with E-state index >= 15 is 0 Å². The second-order valence-electron chi connectivity index (χ2n) is 4.06.